The van der Waals surface area contributed by atoms with Crippen LogP contribution in [0.2, 0.25) is 0 Å². The Morgan fingerprint density at radius 3 is 2.90 bits per heavy atom. The molecule has 114 valence electrons. The lowest BCUT2D eigenvalue weighted by atomic mass is 9.99. The van der Waals surface area contributed by atoms with Gasteiger partial charge >= 0.3 is 0 Å². The number of carboxylic acid groups (broad SMARTS) is 1. The Morgan fingerprint density at radius 2 is 2.19 bits per heavy atom. The van der Waals surface area contributed by atoms with E-state index in [4.69, 9.17) is 4.74 Å². The second-order valence-electron chi connectivity index (χ2n) is 5.76. The van der Waals surface area contributed by atoms with Crippen LogP contribution >= 0.6 is 0 Å². The van der Waals surface area contributed by atoms with Gasteiger partial charge in [-0.15, -0.1) is 0 Å². The van der Waals surface area contributed by atoms with Crippen molar-refractivity contribution < 1.29 is 19.5 Å². The van der Waals surface area contributed by atoms with Gasteiger partial charge in [-0.1, -0.05) is 25.1 Å². The lowest BCUT2D eigenvalue weighted by Crippen LogP contribution is -3.13. The summed E-state index contributed by atoms with van der Waals surface area (Å²) >= 11 is 0. The van der Waals surface area contributed by atoms with Crippen molar-refractivity contribution in [3.63, 3.8) is 0 Å². The molecule has 4 heteroatoms. The van der Waals surface area contributed by atoms with Crippen molar-refractivity contribution in [2.24, 2.45) is 5.92 Å². The van der Waals surface area contributed by atoms with E-state index in [1.54, 1.807) is 4.90 Å². The van der Waals surface area contributed by atoms with Gasteiger partial charge in [0.2, 0.25) is 0 Å². The average molecular weight is 289 g/mol. The Kier molecular flexibility index (Phi) is 5.81. The van der Waals surface area contributed by atoms with E-state index in [0.717, 1.165) is 29.9 Å². The number of benzene rings is 1. The molecule has 0 aromatic heterocycles. The van der Waals surface area contributed by atoms with Crippen LogP contribution in [-0.4, -0.2) is 32.2 Å². The first-order chi connectivity index (χ1) is 10.1. The molecule has 0 unspecified atom stereocenters. The summed E-state index contributed by atoms with van der Waals surface area (Å²) in [5.41, 5.74) is 0.802. The van der Waals surface area contributed by atoms with Gasteiger partial charge in [0.1, 0.15) is 18.9 Å². The molecule has 21 heavy (non-hydrogen) atoms. The Balaban J connectivity index is 1.78. The number of piperidine rings is 1. The molecule has 1 saturated heterocycles. The van der Waals surface area contributed by atoms with Crippen LogP contribution in [0, 0.1) is 5.92 Å². The zero-order valence-electron chi connectivity index (χ0n) is 12.5. The Labute approximate surface area is 126 Å². The van der Waals surface area contributed by atoms with Gasteiger partial charge in [-0.3, -0.25) is 0 Å². The van der Waals surface area contributed by atoms with E-state index in [1.807, 2.05) is 24.3 Å². The van der Waals surface area contributed by atoms with Crippen LogP contribution in [0.25, 0.3) is 6.08 Å². The van der Waals surface area contributed by atoms with Gasteiger partial charge in [0.05, 0.1) is 19.1 Å². The van der Waals surface area contributed by atoms with Crippen molar-refractivity contribution >= 4 is 12.0 Å². The summed E-state index contributed by atoms with van der Waals surface area (Å²) in [6.45, 7) is 6.50. The summed E-state index contributed by atoms with van der Waals surface area (Å²) in [5, 5.41) is 10.4. The second kappa shape index (κ2) is 7.84. The van der Waals surface area contributed by atoms with Crippen molar-refractivity contribution in [1.82, 2.24) is 0 Å². The van der Waals surface area contributed by atoms with Gasteiger partial charge in [0, 0.05) is 0 Å². The fourth-order valence-electron chi connectivity index (χ4n) is 2.61. The largest absolute Gasteiger partial charge is 0.545 e. The molecule has 4 nitrogen and oxygen atoms in total. The molecule has 1 N–H and O–H groups in total. The maximum atomic E-state index is 10.4. The number of carbonyl (C=O) groups excluding carboxylic acids is 1. The SMILES string of the molecule is CC1CC[NH+](CCOc2cccc(/C=C/C(=O)[O-])c2)CC1. The van der Waals surface area contributed by atoms with Crippen LogP contribution in [0.15, 0.2) is 30.3 Å². The molecule has 0 radical (unpaired) electrons. The molecule has 0 saturated carbocycles. The molecule has 1 fully saturated rings. The third-order valence-corrected chi connectivity index (χ3v) is 3.98. The fourth-order valence-corrected chi connectivity index (χ4v) is 2.61. The number of quaternary nitrogens is 1. The number of rotatable bonds is 6. The number of hydrogen-bond acceptors (Lipinski definition) is 3. The molecule has 2 rings (SSSR count). The minimum absolute atomic E-state index is 0.692. The Bertz CT molecular complexity index is 491. The van der Waals surface area contributed by atoms with E-state index in [2.05, 4.69) is 6.92 Å². The number of aliphatic carboxylic acids is 1. The van der Waals surface area contributed by atoms with E-state index in [1.165, 1.54) is 32.0 Å². The van der Waals surface area contributed by atoms with Gasteiger partial charge in [0.15, 0.2) is 0 Å². The molecule has 1 aliphatic heterocycles. The Morgan fingerprint density at radius 1 is 1.43 bits per heavy atom. The van der Waals surface area contributed by atoms with E-state index >= 15 is 0 Å². The summed E-state index contributed by atoms with van der Waals surface area (Å²) < 4.78 is 5.77. The molecule has 1 aliphatic rings. The standard InChI is InChI=1S/C17H23NO3/c1-14-7-9-18(10-8-14)11-12-21-16-4-2-3-15(13-16)5-6-17(19)20/h2-6,13-14H,7-12H2,1H3,(H,19,20)/b6-5+. The van der Waals surface area contributed by atoms with Gasteiger partial charge in [-0.05, 0) is 42.5 Å². The minimum Gasteiger partial charge on any atom is -0.545 e. The van der Waals surface area contributed by atoms with Crippen molar-refractivity contribution in [3.8, 4) is 5.75 Å². The van der Waals surface area contributed by atoms with Gasteiger partial charge in [-0.2, -0.15) is 0 Å². The second-order valence-corrected chi connectivity index (χ2v) is 5.76. The minimum atomic E-state index is -1.19. The van der Waals surface area contributed by atoms with Gasteiger partial charge in [0.25, 0.3) is 0 Å². The third-order valence-electron chi connectivity index (χ3n) is 3.98. The van der Waals surface area contributed by atoms with Crippen molar-refractivity contribution in [2.75, 3.05) is 26.2 Å². The number of likely N-dealkylation sites (tertiary alicyclic amines) is 1. The molecule has 1 heterocycles. The maximum absolute atomic E-state index is 10.4. The van der Waals surface area contributed by atoms with Gasteiger partial charge in [-0.25, -0.2) is 0 Å². The van der Waals surface area contributed by atoms with Crippen LogP contribution in [-0.2, 0) is 4.79 Å². The smallest absolute Gasteiger partial charge is 0.137 e. The zero-order chi connectivity index (χ0) is 15.1. The number of carboxylic acids is 1. The molecule has 1 aromatic carbocycles. The van der Waals surface area contributed by atoms with Crippen LogP contribution in [0.1, 0.15) is 25.3 Å². The van der Waals surface area contributed by atoms with E-state index in [9.17, 15) is 9.90 Å². The van der Waals surface area contributed by atoms with E-state index in [-0.39, 0.29) is 0 Å². The average Bonchev–Trinajstić information content (AvgIpc) is 2.48. The quantitative estimate of drug-likeness (QED) is 0.758. The van der Waals surface area contributed by atoms with E-state index < -0.39 is 5.97 Å². The molecule has 1 aromatic rings. The zero-order valence-corrected chi connectivity index (χ0v) is 12.5. The molecule has 0 bridgehead atoms. The normalized spacial score (nSPS) is 22.3. The summed E-state index contributed by atoms with van der Waals surface area (Å²) in [4.78, 5) is 12.0. The predicted octanol–water partition coefficient (Wildman–Crippen LogP) is 0.143. The third kappa shape index (κ3) is 5.60. The fraction of sp³-hybridized carbons (Fsp3) is 0.471. The first-order valence-corrected chi connectivity index (χ1v) is 7.59. The molecule has 0 spiro atoms. The molecule has 0 aliphatic carbocycles. The lowest BCUT2D eigenvalue weighted by molar-refractivity contribution is -0.906. The Hall–Kier alpha value is -1.81. The number of carbonyl (C=O) groups is 1. The summed E-state index contributed by atoms with van der Waals surface area (Å²) in [6.07, 6.45) is 5.15. The highest BCUT2D eigenvalue weighted by molar-refractivity contribution is 5.83. The van der Waals surface area contributed by atoms with E-state index in [0.29, 0.717) is 6.61 Å². The topological polar surface area (TPSA) is 53.8 Å². The predicted molar refractivity (Wildman–Crippen MR) is 79.9 cm³/mol. The number of nitrogens with one attached hydrogen (secondary N) is 1. The van der Waals surface area contributed by atoms with Crippen LogP contribution in [0.3, 0.4) is 0 Å². The maximum Gasteiger partial charge on any atom is 0.137 e. The van der Waals surface area contributed by atoms with Crippen LogP contribution < -0.4 is 14.7 Å². The monoisotopic (exact) mass is 289 g/mol. The summed E-state index contributed by atoms with van der Waals surface area (Å²) in [7, 11) is 0. The molecular weight excluding hydrogens is 266 g/mol. The summed E-state index contributed by atoms with van der Waals surface area (Å²) in [5.74, 6) is 0.450. The highest BCUT2D eigenvalue weighted by Gasteiger charge is 2.18. The van der Waals surface area contributed by atoms with Crippen molar-refractivity contribution in [3.05, 3.63) is 35.9 Å². The van der Waals surface area contributed by atoms with Crippen LogP contribution in [0.4, 0.5) is 0 Å². The molecule has 0 atom stereocenters. The van der Waals surface area contributed by atoms with Gasteiger partial charge < -0.3 is 19.5 Å². The van der Waals surface area contributed by atoms with Crippen molar-refractivity contribution in [2.45, 2.75) is 19.8 Å². The first kappa shape index (κ1) is 15.6. The first-order valence-electron chi connectivity index (χ1n) is 7.59. The van der Waals surface area contributed by atoms with Crippen molar-refractivity contribution in [1.29, 1.82) is 0 Å². The highest BCUT2D eigenvalue weighted by atomic mass is 16.5. The molecule has 0 amide bonds. The highest BCUT2D eigenvalue weighted by Crippen LogP contribution is 2.14. The number of hydrogen-bond donors (Lipinski definition) is 1. The number of ether oxygens (including phenoxy) is 1. The lowest BCUT2D eigenvalue weighted by Gasteiger charge is -2.27. The molecular formula is C17H23NO3. The summed E-state index contributed by atoms with van der Waals surface area (Å²) in [6, 6.07) is 7.43. The van der Waals surface area contributed by atoms with Crippen LogP contribution in [0.5, 0.6) is 5.75 Å².